The van der Waals surface area contributed by atoms with E-state index in [2.05, 4.69) is 21.1 Å². The minimum Gasteiger partial charge on any atom is -0.456 e. The highest BCUT2D eigenvalue weighted by Gasteiger charge is 2.10. The number of carbonyl (C=O) groups excluding carboxylic acids is 1. The second-order valence-electron chi connectivity index (χ2n) is 4.39. The molecule has 0 N–H and O–H groups in total. The quantitative estimate of drug-likeness (QED) is 0.300. The summed E-state index contributed by atoms with van der Waals surface area (Å²) in [5, 5.41) is 0. The number of nitrogens with zero attached hydrogens (tertiary/aromatic N) is 1. The first-order valence-corrected chi connectivity index (χ1v) is 5.17. The molecule has 0 radical (unpaired) electrons. The zero-order chi connectivity index (χ0) is 11.9. The Morgan fingerprint density at radius 3 is 2.27 bits per heavy atom. The molecule has 0 aromatic carbocycles. The van der Waals surface area contributed by atoms with Crippen molar-refractivity contribution in [2.24, 2.45) is 0 Å². The zero-order valence-electron chi connectivity index (χ0n) is 10.4. The van der Waals surface area contributed by atoms with Crippen LogP contribution in [0.5, 0.6) is 0 Å². The summed E-state index contributed by atoms with van der Waals surface area (Å²) >= 11 is 0. The molecule has 0 amide bonds. The van der Waals surface area contributed by atoms with Gasteiger partial charge in [-0.3, -0.25) is 0 Å². The first-order valence-electron chi connectivity index (χ1n) is 5.17. The summed E-state index contributed by atoms with van der Waals surface area (Å²) in [5.74, 6) is -0.246. The molecular weight excluding hydrogens is 190 g/mol. The molecule has 0 unspecified atom stereocenters. The lowest BCUT2D eigenvalue weighted by atomic mass is 10.2. The van der Waals surface area contributed by atoms with E-state index >= 15 is 0 Å². The van der Waals surface area contributed by atoms with Crippen molar-refractivity contribution in [3.8, 4) is 0 Å². The van der Waals surface area contributed by atoms with Gasteiger partial charge in [0.05, 0.1) is 26.7 Å². The molecular formula is C12H22NO2+. The maximum atomic E-state index is 11.5. The monoisotopic (exact) mass is 212 g/mol. The topological polar surface area (TPSA) is 26.3 Å². The number of rotatable bonds is 5. The molecule has 3 nitrogen and oxygen atoms in total. The van der Waals surface area contributed by atoms with Crippen LogP contribution in [0.15, 0.2) is 23.8 Å². The number of allylic oxidation sites excluding steroid dienone is 2. The van der Waals surface area contributed by atoms with Crippen molar-refractivity contribution in [3.05, 3.63) is 23.8 Å². The third kappa shape index (κ3) is 6.91. The van der Waals surface area contributed by atoms with Gasteiger partial charge in [0.2, 0.25) is 0 Å². The van der Waals surface area contributed by atoms with E-state index in [1.165, 1.54) is 0 Å². The SMILES string of the molecule is C/C=C\C(=C/C)C(=O)OCC[N+](C)(C)C. The molecule has 0 aliphatic rings. The summed E-state index contributed by atoms with van der Waals surface area (Å²) in [6.45, 7) is 4.98. The van der Waals surface area contributed by atoms with Crippen LogP contribution < -0.4 is 0 Å². The molecule has 0 saturated heterocycles. The van der Waals surface area contributed by atoms with Crippen molar-refractivity contribution >= 4 is 5.97 Å². The number of hydrogen-bond donors (Lipinski definition) is 0. The van der Waals surface area contributed by atoms with Crippen molar-refractivity contribution < 1.29 is 14.0 Å². The van der Waals surface area contributed by atoms with Crippen LogP contribution in [0.2, 0.25) is 0 Å². The normalized spacial score (nSPS) is 13.3. The highest BCUT2D eigenvalue weighted by molar-refractivity contribution is 5.91. The fraction of sp³-hybridized carbons (Fsp3) is 0.583. The van der Waals surface area contributed by atoms with E-state index in [0.717, 1.165) is 11.0 Å². The number of likely N-dealkylation sites (N-methyl/N-ethyl adjacent to an activating group) is 1. The van der Waals surface area contributed by atoms with Gasteiger partial charge in [-0.2, -0.15) is 0 Å². The van der Waals surface area contributed by atoms with Crippen LogP contribution in [0.4, 0.5) is 0 Å². The molecule has 0 aliphatic carbocycles. The Hall–Kier alpha value is -1.09. The molecule has 3 heteroatoms. The van der Waals surface area contributed by atoms with Gasteiger partial charge in [0.1, 0.15) is 13.2 Å². The van der Waals surface area contributed by atoms with Crippen LogP contribution in [0, 0.1) is 0 Å². The van der Waals surface area contributed by atoms with Gasteiger partial charge in [0.25, 0.3) is 0 Å². The number of esters is 1. The van der Waals surface area contributed by atoms with E-state index in [0.29, 0.717) is 12.2 Å². The van der Waals surface area contributed by atoms with Gasteiger partial charge in [-0.25, -0.2) is 4.79 Å². The number of quaternary nitrogens is 1. The molecule has 0 saturated carbocycles. The second kappa shape index (κ2) is 6.40. The van der Waals surface area contributed by atoms with Gasteiger partial charge in [0.15, 0.2) is 0 Å². The fourth-order valence-electron chi connectivity index (χ4n) is 0.957. The van der Waals surface area contributed by atoms with E-state index in [-0.39, 0.29) is 5.97 Å². The molecule has 86 valence electrons. The van der Waals surface area contributed by atoms with Crippen molar-refractivity contribution in [1.82, 2.24) is 0 Å². The Morgan fingerprint density at radius 1 is 1.27 bits per heavy atom. The minimum absolute atomic E-state index is 0.246. The summed E-state index contributed by atoms with van der Waals surface area (Å²) in [7, 11) is 6.20. The van der Waals surface area contributed by atoms with E-state index < -0.39 is 0 Å². The summed E-state index contributed by atoms with van der Waals surface area (Å²) < 4.78 is 5.94. The maximum Gasteiger partial charge on any atom is 0.337 e. The summed E-state index contributed by atoms with van der Waals surface area (Å²) in [4.78, 5) is 11.5. The van der Waals surface area contributed by atoms with Crippen LogP contribution >= 0.6 is 0 Å². The molecule has 0 aliphatic heterocycles. The number of hydrogen-bond acceptors (Lipinski definition) is 2. The summed E-state index contributed by atoms with van der Waals surface area (Å²) in [6.07, 6.45) is 5.35. The molecule has 0 fully saturated rings. The summed E-state index contributed by atoms with van der Waals surface area (Å²) in [6, 6.07) is 0. The molecule has 0 aromatic heterocycles. The number of ether oxygens (including phenoxy) is 1. The second-order valence-corrected chi connectivity index (χ2v) is 4.39. The van der Waals surface area contributed by atoms with Gasteiger partial charge >= 0.3 is 5.97 Å². The van der Waals surface area contributed by atoms with Crippen molar-refractivity contribution in [2.75, 3.05) is 34.3 Å². The molecule has 0 bridgehead atoms. The molecule has 15 heavy (non-hydrogen) atoms. The van der Waals surface area contributed by atoms with Gasteiger partial charge < -0.3 is 9.22 Å². The highest BCUT2D eigenvalue weighted by Crippen LogP contribution is 2.01. The average Bonchev–Trinajstić information content (AvgIpc) is 2.11. The van der Waals surface area contributed by atoms with E-state index in [1.807, 2.05) is 19.9 Å². The highest BCUT2D eigenvalue weighted by atomic mass is 16.5. The zero-order valence-corrected chi connectivity index (χ0v) is 10.4. The Labute approximate surface area is 92.6 Å². The van der Waals surface area contributed by atoms with Crippen molar-refractivity contribution in [1.29, 1.82) is 0 Å². The van der Waals surface area contributed by atoms with Crippen molar-refractivity contribution in [3.63, 3.8) is 0 Å². The fourth-order valence-corrected chi connectivity index (χ4v) is 0.957. The molecule has 0 aromatic rings. The Bertz CT molecular complexity index is 259. The molecule has 0 rings (SSSR count). The van der Waals surface area contributed by atoms with Crippen LogP contribution in [0.3, 0.4) is 0 Å². The summed E-state index contributed by atoms with van der Waals surface area (Å²) in [5.41, 5.74) is 0.610. The first kappa shape index (κ1) is 13.9. The maximum absolute atomic E-state index is 11.5. The van der Waals surface area contributed by atoms with Crippen LogP contribution in [-0.4, -0.2) is 44.7 Å². The lowest BCUT2D eigenvalue weighted by Gasteiger charge is -2.23. The van der Waals surface area contributed by atoms with Gasteiger partial charge in [-0.15, -0.1) is 0 Å². The minimum atomic E-state index is -0.246. The predicted molar refractivity (Wildman–Crippen MR) is 62.4 cm³/mol. The van der Waals surface area contributed by atoms with E-state index in [1.54, 1.807) is 12.2 Å². The molecule has 0 heterocycles. The Balaban J connectivity index is 4.04. The Morgan fingerprint density at radius 2 is 1.87 bits per heavy atom. The Kier molecular flexibility index (Phi) is 5.94. The van der Waals surface area contributed by atoms with Gasteiger partial charge in [0, 0.05) is 0 Å². The third-order valence-electron chi connectivity index (χ3n) is 1.89. The first-order chi connectivity index (χ1) is 6.90. The van der Waals surface area contributed by atoms with E-state index in [9.17, 15) is 4.79 Å². The molecule has 0 atom stereocenters. The molecule has 0 spiro atoms. The van der Waals surface area contributed by atoms with Crippen LogP contribution in [0.25, 0.3) is 0 Å². The van der Waals surface area contributed by atoms with Gasteiger partial charge in [-0.05, 0) is 13.8 Å². The largest absolute Gasteiger partial charge is 0.456 e. The number of carbonyl (C=O) groups is 1. The lowest BCUT2D eigenvalue weighted by Crippen LogP contribution is -2.38. The smallest absolute Gasteiger partial charge is 0.337 e. The van der Waals surface area contributed by atoms with E-state index in [4.69, 9.17) is 4.74 Å². The standard InChI is InChI=1S/C12H22NO2/c1-6-8-11(7-2)12(14)15-10-9-13(3,4)5/h6-8H,9-10H2,1-5H3/q+1/b8-6-,11-7+. The van der Waals surface area contributed by atoms with Crippen LogP contribution in [-0.2, 0) is 9.53 Å². The van der Waals surface area contributed by atoms with Crippen LogP contribution in [0.1, 0.15) is 13.8 Å². The lowest BCUT2D eigenvalue weighted by molar-refractivity contribution is -0.870. The van der Waals surface area contributed by atoms with Gasteiger partial charge in [-0.1, -0.05) is 18.2 Å². The average molecular weight is 212 g/mol. The third-order valence-corrected chi connectivity index (χ3v) is 1.89. The van der Waals surface area contributed by atoms with Crippen molar-refractivity contribution in [2.45, 2.75) is 13.8 Å². The predicted octanol–water partition coefficient (Wildman–Crippen LogP) is 1.76.